The van der Waals surface area contributed by atoms with Crippen molar-refractivity contribution in [1.82, 2.24) is 0 Å². The molecule has 1 fully saturated rings. The van der Waals surface area contributed by atoms with Crippen LogP contribution in [-0.2, 0) is 38.6 Å². The number of nitro benzene ring substituents is 2. The summed E-state index contributed by atoms with van der Waals surface area (Å²) < 4.78 is 16.8. The minimum Gasteiger partial charge on any atom is -0.428 e. The maximum Gasteiger partial charge on any atom is 0.511 e. The Bertz CT molecular complexity index is 1580. The van der Waals surface area contributed by atoms with E-state index < -0.39 is 28.8 Å². The molecule has 0 spiro atoms. The second-order valence-electron chi connectivity index (χ2n) is 12.9. The quantitative estimate of drug-likeness (QED) is 0.0329. The molecule has 13 nitrogen and oxygen atoms in total. The molecule has 3 aromatic carbocycles. The van der Waals surface area contributed by atoms with Crippen molar-refractivity contribution in [3.63, 3.8) is 0 Å². The molecule has 1 heterocycles. The normalized spacial score (nSPS) is 14.9. The van der Waals surface area contributed by atoms with E-state index in [1.165, 1.54) is 24.3 Å². The number of likely N-dealkylation sites (tertiary alicyclic amines) is 1. The van der Waals surface area contributed by atoms with Crippen LogP contribution in [0.2, 0.25) is 0 Å². The number of esters is 1. The van der Waals surface area contributed by atoms with Gasteiger partial charge in [-0.05, 0) is 49.6 Å². The van der Waals surface area contributed by atoms with Gasteiger partial charge >= 0.3 is 12.1 Å². The fourth-order valence-electron chi connectivity index (χ4n) is 6.68. The molecular formula is C37H46N4O9+2. The highest BCUT2D eigenvalue weighted by Gasteiger charge is 2.31. The van der Waals surface area contributed by atoms with Crippen LogP contribution >= 0.6 is 0 Å². The predicted molar refractivity (Wildman–Crippen MR) is 185 cm³/mol. The Hall–Kier alpha value is -5.14. The summed E-state index contributed by atoms with van der Waals surface area (Å²) in [6, 6.07) is 23.0. The Balaban J connectivity index is 1.24. The molecule has 1 aliphatic rings. The van der Waals surface area contributed by atoms with Crippen molar-refractivity contribution in [2.24, 2.45) is 0 Å². The van der Waals surface area contributed by atoms with Crippen LogP contribution < -0.4 is 0 Å². The molecule has 0 N–H and O–H groups in total. The largest absolute Gasteiger partial charge is 0.511 e. The van der Waals surface area contributed by atoms with Gasteiger partial charge in [0.25, 0.3) is 11.4 Å². The van der Waals surface area contributed by atoms with Gasteiger partial charge in [0.05, 0.1) is 42.4 Å². The third-order valence-corrected chi connectivity index (χ3v) is 9.17. The molecule has 3 aromatic rings. The van der Waals surface area contributed by atoms with Crippen molar-refractivity contribution in [3.05, 3.63) is 128 Å². The van der Waals surface area contributed by atoms with Gasteiger partial charge in [0.1, 0.15) is 32.8 Å². The minimum absolute atomic E-state index is 0.0115. The Morgan fingerprint density at radius 3 is 1.94 bits per heavy atom. The van der Waals surface area contributed by atoms with E-state index in [-0.39, 0.29) is 24.4 Å². The van der Waals surface area contributed by atoms with Gasteiger partial charge < -0.3 is 23.2 Å². The topological polar surface area (TPSA) is 148 Å². The number of piperidine rings is 1. The average molecular weight is 691 g/mol. The predicted octanol–water partition coefficient (Wildman–Crippen LogP) is 6.84. The molecule has 1 saturated heterocycles. The molecule has 50 heavy (non-hydrogen) atoms. The zero-order valence-electron chi connectivity index (χ0n) is 28.4. The lowest BCUT2D eigenvalue weighted by Crippen LogP contribution is -2.51. The van der Waals surface area contributed by atoms with Crippen molar-refractivity contribution in [3.8, 4) is 0 Å². The molecule has 1 aliphatic heterocycles. The monoisotopic (exact) mass is 690 g/mol. The van der Waals surface area contributed by atoms with E-state index in [4.69, 9.17) is 14.2 Å². The van der Waals surface area contributed by atoms with Gasteiger partial charge in [-0.15, -0.1) is 0 Å². The Kier molecular flexibility index (Phi) is 14.0. The molecular weight excluding hydrogens is 644 g/mol. The van der Waals surface area contributed by atoms with E-state index in [0.717, 1.165) is 66.6 Å². The summed E-state index contributed by atoms with van der Waals surface area (Å²) in [5, 5.41) is 22.2. The first-order valence-electron chi connectivity index (χ1n) is 16.9. The van der Waals surface area contributed by atoms with Crippen LogP contribution in [0, 0.1) is 20.2 Å². The summed E-state index contributed by atoms with van der Waals surface area (Å²) in [5.74, 6) is -0.476. The van der Waals surface area contributed by atoms with Crippen molar-refractivity contribution in [2.75, 3.05) is 46.1 Å². The average Bonchev–Trinajstić information content (AvgIpc) is 3.10. The van der Waals surface area contributed by atoms with Gasteiger partial charge in [0.15, 0.2) is 0 Å². The maximum absolute atomic E-state index is 12.5. The Morgan fingerprint density at radius 2 is 1.36 bits per heavy atom. The number of nitrogens with zero attached hydrogens (tertiary/aromatic N) is 4. The first-order valence-corrected chi connectivity index (χ1v) is 16.9. The Morgan fingerprint density at radius 1 is 0.780 bits per heavy atom. The summed E-state index contributed by atoms with van der Waals surface area (Å²) in [7, 11) is 0. The minimum atomic E-state index is -0.953. The number of hydrogen-bond acceptors (Lipinski definition) is 9. The molecule has 0 radical (unpaired) electrons. The van der Waals surface area contributed by atoms with Crippen LogP contribution in [0.15, 0.2) is 91.5 Å². The summed E-state index contributed by atoms with van der Waals surface area (Å²) >= 11 is 0. The first kappa shape index (κ1) is 37.7. The maximum atomic E-state index is 12.5. The molecule has 0 amide bonds. The van der Waals surface area contributed by atoms with Gasteiger partial charge in [-0.1, -0.05) is 36.9 Å². The number of carbonyl (C=O) groups is 2. The lowest BCUT2D eigenvalue weighted by Gasteiger charge is -2.41. The molecule has 0 bridgehead atoms. The molecule has 1 unspecified atom stereocenters. The number of quaternary nitrogens is 2. The molecule has 266 valence electrons. The molecule has 0 aromatic heterocycles. The van der Waals surface area contributed by atoms with E-state index in [2.05, 4.69) is 6.58 Å². The van der Waals surface area contributed by atoms with Gasteiger partial charge in [-0.2, -0.15) is 0 Å². The second-order valence-corrected chi connectivity index (χ2v) is 12.9. The van der Waals surface area contributed by atoms with Crippen LogP contribution in [0.4, 0.5) is 16.2 Å². The van der Waals surface area contributed by atoms with E-state index in [1.54, 1.807) is 30.3 Å². The number of hydrogen-bond donors (Lipinski definition) is 0. The highest BCUT2D eigenvalue weighted by atomic mass is 16.8. The van der Waals surface area contributed by atoms with Crippen LogP contribution in [0.3, 0.4) is 0 Å². The lowest BCUT2D eigenvalue weighted by atomic mass is 10.0. The van der Waals surface area contributed by atoms with Gasteiger partial charge in [-0.3, -0.25) is 25.0 Å². The number of ether oxygens (including phenoxy) is 3. The molecule has 0 saturated carbocycles. The van der Waals surface area contributed by atoms with E-state index in [1.807, 2.05) is 30.3 Å². The highest BCUT2D eigenvalue weighted by Crippen LogP contribution is 2.26. The molecule has 1 atom stereocenters. The Labute approximate surface area is 292 Å². The number of benzene rings is 3. The van der Waals surface area contributed by atoms with Crippen molar-refractivity contribution in [2.45, 2.75) is 51.7 Å². The standard InChI is InChI=1S/C37H46N4O9/c1-2-21-41(28-31-10-5-3-6-11-31,29-33-15-19-35(20-16-33)39(46)47)25-26-48-37(43)50-30-49-36(42)12-9-24-40(22-7-4-8-23-40)27-32-13-17-34(18-14-32)38(44)45/h2-3,5-6,10-11,13-20H,1,4,7-9,12,21-30H2/q+2. The van der Waals surface area contributed by atoms with E-state index >= 15 is 0 Å². The second kappa shape index (κ2) is 18.6. The molecule has 4 rings (SSSR count). The third kappa shape index (κ3) is 11.8. The number of carbonyl (C=O) groups excluding carboxylic acids is 2. The summed E-state index contributed by atoms with van der Waals surface area (Å²) in [5.41, 5.74) is 3.07. The van der Waals surface area contributed by atoms with Crippen molar-refractivity contribution >= 4 is 23.5 Å². The van der Waals surface area contributed by atoms with E-state index in [0.29, 0.717) is 37.1 Å². The summed E-state index contributed by atoms with van der Waals surface area (Å²) in [6.45, 7) is 8.96. The number of non-ortho nitro benzene ring substituents is 2. The van der Waals surface area contributed by atoms with Gasteiger partial charge in [-0.25, -0.2) is 4.79 Å². The van der Waals surface area contributed by atoms with E-state index in [9.17, 15) is 29.8 Å². The van der Waals surface area contributed by atoms with Gasteiger partial charge in [0.2, 0.25) is 6.79 Å². The molecule has 0 aliphatic carbocycles. The third-order valence-electron chi connectivity index (χ3n) is 9.17. The van der Waals surface area contributed by atoms with Crippen molar-refractivity contribution in [1.29, 1.82) is 0 Å². The van der Waals surface area contributed by atoms with Crippen LogP contribution in [0.1, 0.15) is 48.8 Å². The smallest absolute Gasteiger partial charge is 0.428 e. The van der Waals surface area contributed by atoms with Crippen LogP contribution in [0.25, 0.3) is 0 Å². The number of rotatable bonds is 19. The zero-order chi connectivity index (χ0) is 35.8. The van der Waals surface area contributed by atoms with Crippen LogP contribution in [-0.4, -0.2) is 77.1 Å². The van der Waals surface area contributed by atoms with Crippen LogP contribution in [0.5, 0.6) is 0 Å². The van der Waals surface area contributed by atoms with Gasteiger partial charge in [0, 0.05) is 47.4 Å². The molecule has 13 heteroatoms. The highest BCUT2D eigenvalue weighted by molar-refractivity contribution is 5.69. The SMILES string of the molecule is C=CC[N+](CCOC(=O)OCOC(=O)CCC[N+]1(Cc2ccc([N+](=O)[O-])cc2)CCCCC1)(Cc1ccccc1)Cc1ccc([N+](=O)[O-])cc1. The summed E-state index contributed by atoms with van der Waals surface area (Å²) in [6.07, 6.45) is 4.95. The number of nitro groups is 2. The fraction of sp³-hybridized carbons (Fsp3) is 0.405. The van der Waals surface area contributed by atoms with Crippen molar-refractivity contribution < 1.29 is 42.6 Å². The first-order chi connectivity index (χ1) is 24.1. The fourth-order valence-corrected chi connectivity index (χ4v) is 6.68. The lowest BCUT2D eigenvalue weighted by molar-refractivity contribution is -0.948. The summed E-state index contributed by atoms with van der Waals surface area (Å²) in [4.78, 5) is 46.2. The zero-order valence-corrected chi connectivity index (χ0v) is 28.4.